The van der Waals surface area contributed by atoms with Crippen LogP contribution in [0.3, 0.4) is 0 Å². The van der Waals surface area contributed by atoms with Crippen molar-refractivity contribution in [3.05, 3.63) is 65.2 Å². The third-order valence-corrected chi connectivity index (χ3v) is 6.01. The van der Waals surface area contributed by atoms with Crippen molar-refractivity contribution in [1.82, 2.24) is 0 Å². The molecule has 0 aliphatic carbocycles. The molecule has 0 spiro atoms. The lowest BCUT2D eigenvalue weighted by atomic mass is 9.98. The van der Waals surface area contributed by atoms with Crippen molar-refractivity contribution >= 4 is 21.4 Å². The molecule has 0 fully saturated rings. The molecular weight excluding hydrogens is 360 g/mol. The summed E-state index contributed by atoms with van der Waals surface area (Å²) in [4.78, 5) is 14.4. The quantitative estimate of drug-likeness (QED) is 0.790. The Balaban J connectivity index is 1.70. The number of carbonyl (C=O) groups excluding carboxylic acids is 1. The second-order valence-corrected chi connectivity index (χ2v) is 9.43. The number of benzene rings is 2. The van der Waals surface area contributed by atoms with E-state index in [1.807, 2.05) is 30.3 Å². The molecule has 1 aliphatic rings. The van der Waals surface area contributed by atoms with Crippen molar-refractivity contribution in [3.63, 3.8) is 0 Å². The number of rotatable bonds is 7. The fourth-order valence-corrected chi connectivity index (χ4v) is 4.24. The monoisotopic (exact) mass is 386 g/mol. The molecule has 0 aromatic heterocycles. The van der Waals surface area contributed by atoms with Gasteiger partial charge in [0, 0.05) is 18.5 Å². The largest absolute Gasteiger partial charge is 0.320 e. The lowest BCUT2D eigenvalue weighted by Crippen LogP contribution is -2.44. The fraction of sp³-hybridized carbons (Fsp3) is 0.381. The SMILES string of the molecule is CS(=O)(=O)CCC(N)C(=O)N1CCc2c(CCc3ccccc3)cccc21. The van der Waals surface area contributed by atoms with Crippen LogP contribution in [0.2, 0.25) is 0 Å². The molecule has 1 amide bonds. The first kappa shape index (κ1) is 19.6. The van der Waals surface area contributed by atoms with Gasteiger partial charge in [0.05, 0.1) is 11.8 Å². The minimum absolute atomic E-state index is 0.0717. The topological polar surface area (TPSA) is 80.5 Å². The highest BCUT2D eigenvalue weighted by Crippen LogP contribution is 2.32. The maximum absolute atomic E-state index is 12.7. The summed E-state index contributed by atoms with van der Waals surface area (Å²) in [5, 5.41) is 0. The first-order valence-corrected chi connectivity index (χ1v) is 11.3. The lowest BCUT2D eigenvalue weighted by Gasteiger charge is -2.21. The number of nitrogens with zero attached hydrogens (tertiary/aromatic N) is 1. The van der Waals surface area contributed by atoms with E-state index in [1.54, 1.807) is 4.90 Å². The second-order valence-electron chi connectivity index (χ2n) is 7.17. The summed E-state index contributed by atoms with van der Waals surface area (Å²) in [6.45, 7) is 0.600. The Morgan fingerprint density at radius 1 is 1.11 bits per heavy atom. The van der Waals surface area contributed by atoms with Crippen LogP contribution in [-0.2, 0) is 33.9 Å². The molecule has 0 saturated heterocycles. The van der Waals surface area contributed by atoms with Crippen LogP contribution in [0.5, 0.6) is 0 Å². The van der Waals surface area contributed by atoms with Gasteiger partial charge in [-0.2, -0.15) is 0 Å². The van der Waals surface area contributed by atoms with Crippen molar-refractivity contribution in [2.75, 3.05) is 23.5 Å². The normalized spacial score (nSPS) is 14.8. The smallest absolute Gasteiger partial charge is 0.243 e. The average molecular weight is 387 g/mol. The first-order valence-electron chi connectivity index (χ1n) is 9.24. The van der Waals surface area contributed by atoms with Crippen molar-refractivity contribution in [1.29, 1.82) is 0 Å². The maximum atomic E-state index is 12.7. The zero-order valence-corrected chi connectivity index (χ0v) is 16.4. The van der Waals surface area contributed by atoms with E-state index in [1.165, 1.54) is 16.7 Å². The molecule has 3 rings (SSSR count). The van der Waals surface area contributed by atoms with Crippen LogP contribution in [0.25, 0.3) is 0 Å². The third kappa shape index (κ3) is 4.96. The van der Waals surface area contributed by atoms with Crippen LogP contribution in [0, 0.1) is 0 Å². The van der Waals surface area contributed by atoms with Gasteiger partial charge in [-0.15, -0.1) is 0 Å². The van der Waals surface area contributed by atoms with E-state index in [0.717, 1.165) is 31.2 Å². The Kier molecular flexibility index (Phi) is 5.97. The Morgan fingerprint density at radius 2 is 1.85 bits per heavy atom. The molecule has 2 N–H and O–H groups in total. The highest BCUT2D eigenvalue weighted by atomic mass is 32.2. The molecule has 6 heteroatoms. The van der Waals surface area contributed by atoms with E-state index in [9.17, 15) is 13.2 Å². The molecule has 2 aromatic carbocycles. The number of hydrogen-bond acceptors (Lipinski definition) is 4. The van der Waals surface area contributed by atoms with Gasteiger partial charge in [0.2, 0.25) is 5.91 Å². The number of hydrogen-bond donors (Lipinski definition) is 1. The Hall–Kier alpha value is -2.18. The number of nitrogens with two attached hydrogens (primary N) is 1. The zero-order chi connectivity index (χ0) is 19.4. The second kappa shape index (κ2) is 8.23. The Morgan fingerprint density at radius 3 is 2.56 bits per heavy atom. The van der Waals surface area contributed by atoms with Crippen molar-refractivity contribution < 1.29 is 13.2 Å². The van der Waals surface area contributed by atoms with Gasteiger partial charge < -0.3 is 10.6 Å². The van der Waals surface area contributed by atoms with E-state index >= 15 is 0 Å². The van der Waals surface area contributed by atoms with Crippen LogP contribution >= 0.6 is 0 Å². The van der Waals surface area contributed by atoms with Crippen LogP contribution in [-0.4, -0.2) is 38.9 Å². The molecule has 0 radical (unpaired) electrons. The van der Waals surface area contributed by atoms with Gasteiger partial charge in [-0.3, -0.25) is 4.79 Å². The summed E-state index contributed by atoms with van der Waals surface area (Å²) < 4.78 is 22.7. The number of amides is 1. The lowest BCUT2D eigenvalue weighted by molar-refractivity contribution is -0.119. The van der Waals surface area contributed by atoms with E-state index in [2.05, 4.69) is 18.2 Å². The van der Waals surface area contributed by atoms with E-state index < -0.39 is 15.9 Å². The molecule has 1 atom stereocenters. The van der Waals surface area contributed by atoms with Gasteiger partial charge in [-0.25, -0.2) is 8.42 Å². The van der Waals surface area contributed by atoms with Crippen LogP contribution < -0.4 is 10.6 Å². The number of anilines is 1. The maximum Gasteiger partial charge on any atom is 0.243 e. The minimum atomic E-state index is -3.13. The van der Waals surface area contributed by atoms with Gasteiger partial charge in [-0.05, 0) is 48.4 Å². The van der Waals surface area contributed by atoms with Gasteiger partial charge in [0.25, 0.3) is 0 Å². The average Bonchev–Trinajstić information content (AvgIpc) is 3.08. The predicted molar refractivity (Wildman–Crippen MR) is 109 cm³/mol. The summed E-state index contributed by atoms with van der Waals surface area (Å²) in [6, 6.07) is 15.6. The summed E-state index contributed by atoms with van der Waals surface area (Å²) in [5.41, 5.74) is 10.7. The van der Waals surface area contributed by atoms with Gasteiger partial charge in [0.15, 0.2) is 0 Å². The molecule has 0 bridgehead atoms. The Labute approximate surface area is 161 Å². The molecule has 1 aliphatic heterocycles. The number of fused-ring (bicyclic) bond motifs is 1. The van der Waals surface area contributed by atoms with Crippen molar-refractivity contribution in [3.8, 4) is 0 Å². The van der Waals surface area contributed by atoms with Crippen LogP contribution in [0.4, 0.5) is 5.69 Å². The van der Waals surface area contributed by atoms with E-state index in [-0.39, 0.29) is 18.1 Å². The van der Waals surface area contributed by atoms with Gasteiger partial charge >= 0.3 is 0 Å². The number of sulfone groups is 1. The van der Waals surface area contributed by atoms with Gasteiger partial charge in [0.1, 0.15) is 9.84 Å². The van der Waals surface area contributed by atoms with Crippen LogP contribution in [0.15, 0.2) is 48.5 Å². The standard InChI is InChI=1S/C21H26N2O3S/c1-27(25,26)15-13-19(22)21(24)23-14-12-18-17(8-5-9-20(18)23)11-10-16-6-3-2-4-7-16/h2-9,19H,10-15,22H2,1H3. The molecule has 1 heterocycles. The molecule has 5 nitrogen and oxygen atoms in total. The highest BCUT2D eigenvalue weighted by molar-refractivity contribution is 7.90. The fourth-order valence-electron chi connectivity index (χ4n) is 3.56. The van der Waals surface area contributed by atoms with Crippen LogP contribution in [0.1, 0.15) is 23.1 Å². The predicted octanol–water partition coefficient (Wildman–Crippen LogP) is 2.12. The summed E-state index contributed by atoms with van der Waals surface area (Å²) >= 11 is 0. The number of aryl methyl sites for hydroxylation is 2. The highest BCUT2D eigenvalue weighted by Gasteiger charge is 2.29. The molecular formula is C21H26N2O3S. The molecule has 0 saturated carbocycles. The number of carbonyl (C=O) groups is 1. The summed E-state index contributed by atoms with van der Waals surface area (Å²) in [7, 11) is -3.13. The molecule has 1 unspecified atom stereocenters. The molecule has 27 heavy (non-hydrogen) atoms. The first-order chi connectivity index (χ1) is 12.8. The van der Waals surface area contributed by atoms with Gasteiger partial charge in [-0.1, -0.05) is 42.5 Å². The van der Waals surface area contributed by atoms with E-state index in [4.69, 9.17) is 5.73 Å². The molecule has 2 aromatic rings. The van der Waals surface area contributed by atoms with Crippen molar-refractivity contribution in [2.24, 2.45) is 5.73 Å². The minimum Gasteiger partial charge on any atom is -0.320 e. The Bertz CT molecular complexity index is 910. The van der Waals surface area contributed by atoms with Crippen molar-refractivity contribution in [2.45, 2.75) is 31.7 Å². The molecule has 144 valence electrons. The summed E-state index contributed by atoms with van der Waals surface area (Å²) in [6.07, 6.45) is 4.00. The third-order valence-electron chi connectivity index (χ3n) is 5.03. The van der Waals surface area contributed by atoms with E-state index in [0.29, 0.717) is 6.54 Å². The summed E-state index contributed by atoms with van der Waals surface area (Å²) in [5.74, 6) is -0.268. The zero-order valence-electron chi connectivity index (χ0n) is 15.6.